The summed E-state index contributed by atoms with van der Waals surface area (Å²) in [6.07, 6.45) is 4.30. The molecule has 0 spiro atoms. The Bertz CT molecular complexity index is 76.6. The fourth-order valence-electron chi connectivity index (χ4n) is 0.599. The number of hydrogen-bond donors (Lipinski definition) is 0. The highest BCUT2D eigenvalue weighted by Gasteiger charge is 2.18. The maximum Gasteiger partial charge on any atom is 0.120 e. The molecule has 46 valence electrons. The Kier molecular flexibility index (Phi) is 2.06. The Morgan fingerprint density at radius 1 is 1.75 bits per heavy atom. The number of allylic oxidation sites excluding steroid dienone is 1. The van der Waals surface area contributed by atoms with Gasteiger partial charge in [0.25, 0.3) is 0 Å². The van der Waals surface area contributed by atoms with E-state index in [0.29, 0.717) is 6.10 Å². The molecule has 0 aromatic carbocycles. The predicted molar refractivity (Wildman–Crippen MR) is 30.3 cm³/mol. The van der Waals surface area contributed by atoms with Crippen molar-refractivity contribution in [1.82, 2.24) is 0 Å². The third kappa shape index (κ3) is 1.32. The average molecular weight is 114 g/mol. The number of hydrogen-bond acceptors (Lipinski definition) is 2. The average Bonchev–Trinajstić information content (AvgIpc) is 1.63. The molecule has 1 aliphatic heterocycles. The second kappa shape index (κ2) is 2.84. The fourth-order valence-corrected chi connectivity index (χ4v) is 0.599. The Labute approximate surface area is 49.0 Å². The normalized spacial score (nSPS) is 26.8. The summed E-state index contributed by atoms with van der Waals surface area (Å²) in [5.41, 5.74) is 0. The van der Waals surface area contributed by atoms with E-state index < -0.39 is 0 Å². The van der Waals surface area contributed by atoms with E-state index in [2.05, 4.69) is 16.4 Å². The molecule has 1 fully saturated rings. The van der Waals surface area contributed by atoms with Gasteiger partial charge in [-0.1, -0.05) is 6.08 Å². The first kappa shape index (κ1) is 5.79. The van der Waals surface area contributed by atoms with Crippen LogP contribution in [-0.4, -0.2) is 12.7 Å². The largest absolute Gasteiger partial charge is 0.233 e. The van der Waals surface area contributed by atoms with E-state index in [1.165, 1.54) is 0 Å². The highest BCUT2D eigenvalue weighted by atomic mass is 17.2. The topological polar surface area (TPSA) is 18.5 Å². The lowest BCUT2D eigenvalue weighted by Gasteiger charge is -2.23. The van der Waals surface area contributed by atoms with E-state index in [1.807, 2.05) is 6.08 Å². The molecule has 1 saturated heterocycles. The van der Waals surface area contributed by atoms with E-state index in [1.54, 1.807) is 0 Å². The van der Waals surface area contributed by atoms with E-state index in [0.717, 1.165) is 19.4 Å². The van der Waals surface area contributed by atoms with Crippen molar-refractivity contribution in [2.45, 2.75) is 18.9 Å². The molecule has 2 heteroatoms. The van der Waals surface area contributed by atoms with Gasteiger partial charge in [0.2, 0.25) is 0 Å². The SMILES string of the molecule is C=CCCC1COO1. The molecule has 8 heavy (non-hydrogen) atoms. The van der Waals surface area contributed by atoms with Crippen LogP contribution in [0.2, 0.25) is 0 Å². The van der Waals surface area contributed by atoms with Crippen molar-refractivity contribution in [3.05, 3.63) is 12.7 Å². The minimum atomic E-state index is 0.341. The lowest BCUT2D eigenvalue weighted by molar-refractivity contribution is -0.424. The predicted octanol–water partition coefficient (Wildman–Crippen LogP) is 1.28. The number of rotatable bonds is 3. The van der Waals surface area contributed by atoms with Crippen LogP contribution in [0.3, 0.4) is 0 Å². The van der Waals surface area contributed by atoms with E-state index in [-0.39, 0.29) is 0 Å². The van der Waals surface area contributed by atoms with Gasteiger partial charge in [-0.25, -0.2) is 9.78 Å². The highest BCUT2D eigenvalue weighted by molar-refractivity contribution is 4.70. The summed E-state index contributed by atoms with van der Waals surface area (Å²) in [6.45, 7) is 4.35. The lowest BCUT2D eigenvalue weighted by atomic mass is 10.2. The molecule has 0 aromatic rings. The highest BCUT2D eigenvalue weighted by Crippen LogP contribution is 2.11. The van der Waals surface area contributed by atoms with Gasteiger partial charge in [0.05, 0.1) is 0 Å². The molecular weight excluding hydrogens is 104 g/mol. The molecule has 0 aromatic heterocycles. The maximum atomic E-state index is 4.69. The standard InChI is InChI=1S/C6H10O2/c1-2-3-4-6-5-7-8-6/h2,6H,1,3-5H2. The van der Waals surface area contributed by atoms with Crippen LogP contribution in [0.25, 0.3) is 0 Å². The summed E-state index contributed by atoms with van der Waals surface area (Å²) in [5.74, 6) is 0. The van der Waals surface area contributed by atoms with Gasteiger partial charge in [0.1, 0.15) is 12.7 Å². The van der Waals surface area contributed by atoms with Crippen LogP contribution in [0, 0.1) is 0 Å². The van der Waals surface area contributed by atoms with Gasteiger partial charge in [-0.2, -0.15) is 0 Å². The first-order valence-corrected chi connectivity index (χ1v) is 2.82. The minimum Gasteiger partial charge on any atom is -0.233 e. The van der Waals surface area contributed by atoms with Crippen molar-refractivity contribution in [1.29, 1.82) is 0 Å². The summed E-state index contributed by atoms with van der Waals surface area (Å²) in [7, 11) is 0. The van der Waals surface area contributed by atoms with Gasteiger partial charge in [0, 0.05) is 0 Å². The zero-order valence-corrected chi connectivity index (χ0v) is 4.80. The molecule has 1 heterocycles. The summed E-state index contributed by atoms with van der Waals surface area (Å²) in [5, 5.41) is 0. The molecule has 0 N–H and O–H groups in total. The summed E-state index contributed by atoms with van der Waals surface area (Å²) in [4.78, 5) is 9.18. The van der Waals surface area contributed by atoms with Gasteiger partial charge in [-0.3, -0.25) is 0 Å². The molecular formula is C6H10O2. The third-order valence-corrected chi connectivity index (χ3v) is 1.15. The van der Waals surface area contributed by atoms with Gasteiger partial charge >= 0.3 is 0 Å². The van der Waals surface area contributed by atoms with Crippen molar-refractivity contribution in [3.63, 3.8) is 0 Å². The van der Waals surface area contributed by atoms with Gasteiger partial charge in [0.15, 0.2) is 0 Å². The van der Waals surface area contributed by atoms with Gasteiger partial charge < -0.3 is 0 Å². The Hall–Kier alpha value is -0.340. The smallest absolute Gasteiger partial charge is 0.120 e. The molecule has 0 radical (unpaired) electrons. The molecule has 2 nitrogen and oxygen atoms in total. The first-order valence-electron chi connectivity index (χ1n) is 2.82. The van der Waals surface area contributed by atoms with Crippen LogP contribution in [0.5, 0.6) is 0 Å². The quantitative estimate of drug-likeness (QED) is 0.406. The molecule has 0 amide bonds. The molecule has 1 unspecified atom stereocenters. The zero-order chi connectivity index (χ0) is 5.82. The molecule has 1 aliphatic rings. The fraction of sp³-hybridized carbons (Fsp3) is 0.667. The molecule has 0 saturated carbocycles. The van der Waals surface area contributed by atoms with Crippen LogP contribution in [0.1, 0.15) is 12.8 Å². The lowest BCUT2D eigenvalue weighted by Crippen LogP contribution is -2.30. The second-order valence-electron chi connectivity index (χ2n) is 1.87. The van der Waals surface area contributed by atoms with Crippen molar-refractivity contribution in [3.8, 4) is 0 Å². The van der Waals surface area contributed by atoms with Gasteiger partial charge in [-0.05, 0) is 12.8 Å². The Morgan fingerprint density at radius 2 is 2.50 bits per heavy atom. The second-order valence-corrected chi connectivity index (χ2v) is 1.87. The van der Waals surface area contributed by atoms with Crippen molar-refractivity contribution in [2.24, 2.45) is 0 Å². The monoisotopic (exact) mass is 114 g/mol. The van der Waals surface area contributed by atoms with Crippen molar-refractivity contribution in [2.75, 3.05) is 6.61 Å². The van der Waals surface area contributed by atoms with Crippen LogP contribution in [-0.2, 0) is 9.78 Å². The molecule has 0 bridgehead atoms. The van der Waals surface area contributed by atoms with Crippen LogP contribution in [0.4, 0.5) is 0 Å². The summed E-state index contributed by atoms with van der Waals surface area (Å²) < 4.78 is 0. The molecule has 1 atom stereocenters. The molecule has 0 aliphatic carbocycles. The van der Waals surface area contributed by atoms with E-state index in [9.17, 15) is 0 Å². The van der Waals surface area contributed by atoms with Gasteiger partial charge in [-0.15, -0.1) is 6.58 Å². The first-order chi connectivity index (χ1) is 3.93. The van der Waals surface area contributed by atoms with Crippen LogP contribution >= 0.6 is 0 Å². The third-order valence-electron chi connectivity index (χ3n) is 1.15. The zero-order valence-electron chi connectivity index (χ0n) is 4.80. The van der Waals surface area contributed by atoms with Crippen LogP contribution in [0.15, 0.2) is 12.7 Å². The maximum absolute atomic E-state index is 4.69. The summed E-state index contributed by atoms with van der Waals surface area (Å²) in [6, 6.07) is 0. The van der Waals surface area contributed by atoms with Crippen LogP contribution < -0.4 is 0 Å². The van der Waals surface area contributed by atoms with E-state index >= 15 is 0 Å². The summed E-state index contributed by atoms with van der Waals surface area (Å²) >= 11 is 0. The Balaban J connectivity index is 1.93. The van der Waals surface area contributed by atoms with Crippen molar-refractivity contribution >= 4 is 0 Å². The minimum absolute atomic E-state index is 0.341. The Morgan fingerprint density at radius 3 is 2.88 bits per heavy atom. The van der Waals surface area contributed by atoms with E-state index in [4.69, 9.17) is 0 Å². The van der Waals surface area contributed by atoms with Crippen molar-refractivity contribution < 1.29 is 9.78 Å². The molecule has 1 rings (SSSR count).